The van der Waals surface area contributed by atoms with E-state index in [1.165, 1.54) is 24.3 Å². The Labute approximate surface area is 140 Å². The lowest BCUT2D eigenvalue weighted by molar-refractivity contribution is 0.627. The second-order valence-electron chi connectivity index (χ2n) is 5.41. The molecule has 0 aromatic heterocycles. The van der Waals surface area contributed by atoms with Crippen molar-refractivity contribution in [3.05, 3.63) is 107 Å². The van der Waals surface area contributed by atoms with E-state index in [2.05, 4.69) is 0 Å². The monoisotopic (exact) mass is 318 g/mol. The summed E-state index contributed by atoms with van der Waals surface area (Å²) in [7, 11) is 0. The van der Waals surface area contributed by atoms with Crippen molar-refractivity contribution in [1.29, 1.82) is 0 Å². The first-order valence-electron chi connectivity index (χ1n) is 7.67. The normalized spacial score (nSPS) is 11.4. The minimum atomic E-state index is -0.253. The van der Waals surface area contributed by atoms with Gasteiger partial charge in [0.15, 0.2) is 0 Å². The van der Waals surface area contributed by atoms with E-state index in [1.54, 1.807) is 12.1 Å². The van der Waals surface area contributed by atoms with Crippen LogP contribution in [0.15, 0.2) is 72.8 Å². The molecule has 3 aromatic carbocycles. The summed E-state index contributed by atoms with van der Waals surface area (Å²) in [5, 5.41) is 0. The van der Waals surface area contributed by atoms with Gasteiger partial charge in [-0.2, -0.15) is 0 Å². The number of rotatable bonds is 4. The van der Waals surface area contributed by atoms with Gasteiger partial charge in [-0.05, 0) is 46.5 Å². The molecule has 0 aliphatic carbocycles. The van der Waals surface area contributed by atoms with E-state index in [1.807, 2.05) is 60.7 Å². The van der Waals surface area contributed by atoms with Crippen molar-refractivity contribution in [2.24, 2.45) is 0 Å². The fraction of sp³-hybridized carbons (Fsp3) is 0. The van der Waals surface area contributed by atoms with E-state index >= 15 is 0 Å². The highest BCUT2D eigenvalue weighted by atomic mass is 19.1. The van der Waals surface area contributed by atoms with Crippen LogP contribution in [-0.4, -0.2) is 0 Å². The highest BCUT2D eigenvalue weighted by Gasteiger charge is 1.96. The third-order valence-electron chi connectivity index (χ3n) is 3.60. The summed E-state index contributed by atoms with van der Waals surface area (Å²) in [5.74, 6) is -0.507. The minimum Gasteiger partial charge on any atom is -0.207 e. The van der Waals surface area contributed by atoms with Crippen LogP contribution in [0.1, 0.15) is 22.3 Å². The van der Waals surface area contributed by atoms with E-state index in [-0.39, 0.29) is 11.6 Å². The molecule has 0 atom stereocenters. The molecule has 0 bridgehead atoms. The van der Waals surface area contributed by atoms with Crippen LogP contribution in [0.4, 0.5) is 8.78 Å². The predicted molar refractivity (Wildman–Crippen MR) is 97.1 cm³/mol. The Morgan fingerprint density at radius 3 is 1.38 bits per heavy atom. The van der Waals surface area contributed by atoms with Gasteiger partial charge in [0.25, 0.3) is 0 Å². The number of hydrogen-bond acceptors (Lipinski definition) is 0. The summed E-state index contributed by atoms with van der Waals surface area (Å²) in [6.07, 6.45) is 7.63. The Kier molecular flexibility index (Phi) is 4.97. The molecule has 0 radical (unpaired) electrons. The van der Waals surface area contributed by atoms with Crippen LogP contribution in [0.3, 0.4) is 0 Å². The molecule has 0 nitrogen and oxygen atoms in total. The zero-order chi connectivity index (χ0) is 16.8. The molecule has 24 heavy (non-hydrogen) atoms. The van der Waals surface area contributed by atoms with E-state index in [0.29, 0.717) is 0 Å². The quantitative estimate of drug-likeness (QED) is 0.495. The van der Waals surface area contributed by atoms with Crippen molar-refractivity contribution < 1.29 is 8.78 Å². The van der Waals surface area contributed by atoms with E-state index < -0.39 is 0 Å². The molecule has 0 heterocycles. The summed E-state index contributed by atoms with van der Waals surface area (Å²) in [4.78, 5) is 0. The summed E-state index contributed by atoms with van der Waals surface area (Å²) in [5.41, 5.74) is 3.63. The van der Waals surface area contributed by atoms with Crippen LogP contribution >= 0.6 is 0 Å². The largest absolute Gasteiger partial charge is 0.207 e. The van der Waals surface area contributed by atoms with Gasteiger partial charge in [0.1, 0.15) is 11.6 Å². The lowest BCUT2D eigenvalue weighted by atomic mass is 10.0. The average Bonchev–Trinajstić information content (AvgIpc) is 2.59. The third kappa shape index (κ3) is 4.26. The summed E-state index contributed by atoms with van der Waals surface area (Å²) >= 11 is 0. The van der Waals surface area contributed by atoms with Crippen molar-refractivity contribution in [1.82, 2.24) is 0 Å². The molecule has 0 unspecified atom stereocenters. The highest BCUT2D eigenvalue weighted by Crippen LogP contribution is 2.17. The molecule has 118 valence electrons. The lowest BCUT2D eigenvalue weighted by Crippen LogP contribution is -1.81. The van der Waals surface area contributed by atoms with E-state index in [9.17, 15) is 8.78 Å². The summed E-state index contributed by atoms with van der Waals surface area (Å²) in [6.45, 7) is 0. The van der Waals surface area contributed by atoms with Gasteiger partial charge in [0.05, 0.1) is 0 Å². The molecular formula is C22H16F2. The first-order chi connectivity index (χ1) is 11.7. The molecule has 2 heteroatoms. The van der Waals surface area contributed by atoms with Gasteiger partial charge in [-0.15, -0.1) is 0 Å². The molecule has 0 saturated heterocycles. The minimum absolute atomic E-state index is 0.253. The standard InChI is InChI=1S/C22H16F2/c23-21-9-3-5-17(15-21)11-13-19-7-1-2-8-20(19)14-12-18-6-4-10-22(24)16-18/h1-16H/b13-11+,14-12+. The van der Waals surface area contributed by atoms with Crippen LogP contribution in [-0.2, 0) is 0 Å². The SMILES string of the molecule is Fc1cccc(/C=C/c2ccccc2/C=C/c2cccc(F)c2)c1. The first kappa shape index (κ1) is 15.9. The second kappa shape index (κ2) is 7.51. The molecule has 0 saturated carbocycles. The molecule has 0 fully saturated rings. The van der Waals surface area contributed by atoms with Gasteiger partial charge in [-0.25, -0.2) is 8.78 Å². The summed E-state index contributed by atoms with van der Waals surface area (Å²) in [6, 6.07) is 20.8. The second-order valence-corrected chi connectivity index (χ2v) is 5.41. The topological polar surface area (TPSA) is 0 Å². The van der Waals surface area contributed by atoms with Crippen LogP contribution in [0, 0.1) is 11.6 Å². The Morgan fingerprint density at radius 1 is 0.500 bits per heavy atom. The van der Waals surface area contributed by atoms with Crippen molar-refractivity contribution in [2.75, 3.05) is 0 Å². The fourth-order valence-electron chi connectivity index (χ4n) is 2.41. The maximum absolute atomic E-state index is 13.2. The number of hydrogen-bond donors (Lipinski definition) is 0. The molecule has 0 aliphatic rings. The van der Waals surface area contributed by atoms with Gasteiger partial charge < -0.3 is 0 Å². The van der Waals surface area contributed by atoms with E-state index in [4.69, 9.17) is 0 Å². The predicted octanol–water partition coefficient (Wildman–Crippen LogP) is 6.31. The third-order valence-corrected chi connectivity index (χ3v) is 3.60. The van der Waals surface area contributed by atoms with Crippen molar-refractivity contribution in [3.63, 3.8) is 0 Å². The average molecular weight is 318 g/mol. The van der Waals surface area contributed by atoms with Crippen molar-refractivity contribution in [2.45, 2.75) is 0 Å². The molecular weight excluding hydrogens is 302 g/mol. The number of halogens is 2. The molecule has 3 rings (SSSR count). The smallest absolute Gasteiger partial charge is 0.123 e. The Morgan fingerprint density at radius 2 is 0.958 bits per heavy atom. The zero-order valence-corrected chi connectivity index (χ0v) is 13.0. The van der Waals surface area contributed by atoms with E-state index in [0.717, 1.165) is 22.3 Å². The van der Waals surface area contributed by atoms with Gasteiger partial charge in [-0.1, -0.05) is 72.8 Å². The summed E-state index contributed by atoms with van der Waals surface area (Å²) < 4.78 is 26.5. The maximum Gasteiger partial charge on any atom is 0.123 e. The van der Waals surface area contributed by atoms with Gasteiger partial charge in [-0.3, -0.25) is 0 Å². The Bertz CT molecular complexity index is 817. The molecule has 0 amide bonds. The van der Waals surface area contributed by atoms with Crippen molar-refractivity contribution in [3.8, 4) is 0 Å². The fourth-order valence-corrected chi connectivity index (χ4v) is 2.41. The maximum atomic E-state index is 13.2. The highest BCUT2D eigenvalue weighted by molar-refractivity contribution is 5.79. The van der Waals surface area contributed by atoms with Crippen LogP contribution in [0.2, 0.25) is 0 Å². The van der Waals surface area contributed by atoms with Crippen LogP contribution in [0.5, 0.6) is 0 Å². The first-order valence-corrected chi connectivity index (χ1v) is 7.67. The molecule has 0 aliphatic heterocycles. The Hall–Kier alpha value is -3.00. The molecule has 0 N–H and O–H groups in total. The van der Waals surface area contributed by atoms with Gasteiger partial charge in [0, 0.05) is 0 Å². The molecule has 0 spiro atoms. The Balaban J connectivity index is 1.85. The number of benzene rings is 3. The van der Waals surface area contributed by atoms with Crippen molar-refractivity contribution >= 4 is 24.3 Å². The van der Waals surface area contributed by atoms with Crippen LogP contribution in [0.25, 0.3) is 24.3 Å². The van der Waals surface area contributed by atoms with Gasteiger partial charge in [0.2, 0.25) is 0 Å². The molecule has 3 aromatic rings. The van der Waals surface area contributed by atoms with Gasteiger partial charge >= 0.3 is 0 Å². The lowest BCUT2D eigenvalue weighted by Gasteiger charge is -2.01. The van der Waals surface area contributed by atoms with Crippen LogP contribution < -0.4 is 0 Å². The zero-order valence-electron chi connectivity index (χ0n) is 13.0.